The third-order valence-electron chi connectivity index (χ3n) is 13.8. The fourth-order valence-corrected chi connectivity index (χ4v) is 11.0. The average molecular weight is 747 g/mol. The molecular weight excluding hydrogens is 684 g/mol. The summed E-state index contributed by atoms with van der Waals surface area (Å²) in [6.07, 6.45) is 4.73. The van der Waals surface area contributed by atoms with E-state index >= 15 is 0 Å². The summed E-state index contributed by atoms with van der Waals surface area (Å²) in [7, 11) is 3.33. The number of hydrogen-bond donors (Lipinski definition) is 2. The smallest absolute Gasteiger partial charge is 0.135 e. The van der Waals surface area contributed by atoms with Crippen LogP contribution in [0.2, 0.25) is 0 Å². The minimum Gasteiger partial charge on any atom is -0.394 e. The van der Waals surface area contributed by atoms with Crippen LogP contribution in [0.1, 0.15) is 90.4 Å². The Balaban J connectivity index is 1.03. The van der Waals surface area contributed by atoms with Gasteiger partial charge in [-0.3, -0.25) is 4.79 Å². The summed E-state index contributed by atoms with van der Waals surface area (Å²) < 4.78 is 58.7. The molecule has 11 heterocycles. The summed E-state index contributed by atoms with van der Waals surface area (Å²) >= 11 is 0. The highest BCUT2D eigenvalue weighted by Crippen LogP contribution is 2.47. The number of hydrogen-bond acceptors (Lipinski definition) is 12. The first-order chi connectivity index (χ1) is 25.6. The second kappa shape index (κ2) is 16.3. The molecule has 12 nitrogen and oxygen atoms in total. The molecule has 0 aromatic carbocycles. The third kappa shape index (κ3) is 7.86. The summed E-state index contributed by atoms with van der Waals surface area (Å²) in [4.78, 5) is 14.0. The summed E-state index contributed by atoms with van der Waals surface area (Å²) in [6.45, 7) is 10.7. The second-order valence-electron chi connectivity index (χ2n) is 17.3. The van der Waals surface area contributed by atoms with Crippen molar-refractivity contribution in [2.75, 3.05) is 20.8 Å². The highest BCUT2D eigenvalue weighted by Gasteiger charge is 2.61. The maximum atomic E-state index is 14.0. The lowest BCUT2D eigenvalue weighted by Gasteiger charge is -2.47. The van der Waals surface area contributed by atoms with Crippen LogP contribution < -0.4 is 0 Å². The second-order valence-corrected chi connectivity index (χ2v) is 17.3. The van der Waals surface area contributed by atoms with Gasteiger partial charge in [-0.25, -0.2) is 0 Å². The van der Waals surface area contributed by atoms with E-state index in [1.807, 2.05) is 0 Å². The molecule has 19 atom stereocenters. The van der Waals surface area contributed by atoms with Gasteiger partial charge >= 0.3 is 0 Å². The van der Waals surface area contributed by atoms with Crippen molar-refractivity contribution in [3.8, 4) is 0 Å². The zero-order valence-corrected chi connectivity index (χ0v) is 31.8. The van der Waals surface area contributed by atoms with Crippen LogP contribution in [0.15, 0.2) is 24.3 Å². The summed E-state index contributed by atoms with van der Waals surface area (Å²) in [5.41, 5.74) is 2.19. The molecule has 11 saturated heterocycles. The van der Waals surface area contributed by atoms with Gasteiger partial charge in [-0.1, -0.05) is 20.1 Å². The number of aliphatic hydroxyl groups excluding tert-OH is 2. The molecule has 0 aromatic rings. The number of aliphatic hydroxyl groups is 2. The maximum Gasteiger partial charge on any atom is 0.135 e. The van der Waals surface area contributed by atoms with Crippen LogP contribution in [-0.4, -0.2) is 141 Å². The monoisotopic (exact) mass is 746 g/mol. The van der Waals surface area contributed by atoms with Crippen molar-refractivity contribution < 1.29 is 57.6 Å². The largest absolute Gasteiger partial charge is 0.394 e. The van der Waals surface area contributed by atoms with Crippen molar-refractivity contribution in [1.82, 2.24) is 0 Å². The van der Waals surface area contributed by atoms with Crippen molar-refractivity contribution in [2.45, 2.75) is 194 Å². The quantitative estimate of drug-likeness (QED) is 0.396. The van der Waals surface area contributed by atoms with Crippen molar-refractivity contribution in [3.63, 3.8) is 0 Å². The Hall–Kier alpha value is -1.29. The van der Waals surface area contributed by atoms with E-state index in [4.69, 9.17) is 42.6 Å². The first-order valence-electron chi connectivity index (χ1n) is 20.4. The molecular formula is C41H62O12. The van der Waals surface area contributed by atoms with Crippen LogP contribution >= 0.6 is 0 Å². The topological polar surface area (TPSA) is 141 Å². The molecule has 12 bridgehead atoms. The Morgan fingerprint density at radius 2 is 1.36 bits per heavy atom. The number of rotatable bonds is 5. The predicted molar refractivity (Wildman–Crippen MR) is 191 cm³/mol. The van der Waals surface area contributed by atoms with Gasteiger partial charge < -0.3 is 52.8 Å². The molecule has 2 N–H and O–H groups in total. The lowest BCUT2D eigenvalue weighted by atomic mass is 9.81. The molecule has 0 aromatic heterocycles. The molecule has 0 aliphatic carbocycles. The van der Waals surface area contributed by atoms with Gasteiger partial charge in [0.15, 0.2) is 0 Å². The van der Waals surface area contributed by atoms with Crippen LogP contribution in [0.5, 0.6) is 0 Å². The number of carbonyl (C=O) groups is 1. The summed E-state index contributed by atoms with van der Waals surface area (Å²) in [6, 6.07) is 0. The molecule has 0 amide bonds. The van der Waals surface area contributed by atoms with Crippen molar-refractivity contribution in [1.29, 1.82) is 0 Å². The normalized spacial score (nSPS) is 49.6. The highest BCUT2D eigenvalue weighted by molar-refractivity contribution is 5.79. The fraction of sp³-hybridized carbons (Fsp3) is 0.878. The minimum atomic E-state index is -0.953. The van der Waals surface area contributed by atoms with E-state index in [1.165, 1.54) is 0 Å². The van der Waals surface area contributed by atoms with Gasteiger partial charge in [0.05, 0.1) is 79.9 Å². The third-order valence-corrected chi connectivity index (χ3v) is 13.8. The van der Waals surface area contributed by atoms with Crippen LogP contribution in [-0.2, 0) is 47.4 Å². The summed E-state index contributed by atoms with van der Waals surface area (Å²) in [5.74, 6) is 0.0673. The standard InChI is InChI=1S/C41H62O12/c1-20-12-26-8-10-30-21(2)13-25(47-30)6-7-28-17-35-38(50-28)40-41(53-35)39(46-5)37-31(52-40)11-9-27(49-37)14-23(43)15-29-33(18-32(48-26)22(20)3)51-34(36(29)45-4)16-24(44)19-42/h20,24-42,44H,2-3,6-19H2,1,4-5H3/t20-,24+,25?,26+,27-,28?,29+,30+,31+,32-,33+,34-,35-,36-,37+,38?,39?,40+,41?/m1/s1. The molecule has 11 aliphatic rings. The molecule has 0 radical (unpaired) electrons. The molecule has 11 fully saturated rings. The van der Waals surface area contributed by atoms with Crippen LogP contribution in [0.25, 0.3) is 0 Å². The van der Waals surface area contributed by atoms with Gasteiger partial charge in [0.25, 0.3) is 0 Å². The van der Waals surface area contributed by atoms with E-state index in [1.54, 1.807) is 14.2 Å². The maximum absolute atomic E-state index is 14.0. The van der Waals surface area contributed by atoms with E-state index in [9.17, 15) is 15.0 Å². The molecule has 11 aliphatic heterocycles. The summed E-state index contributed by atoms with van der Waals surface area (Å²) in [5, 5.41) is 20.1. The van der Waals surface area contributed by atoms with E-state index in [0.717, 1.165) is 62.5 Å². The molecule has 0 saturated carbocycles. The molecule has 5 unspecified atom stereocenters. The van der Waals surface area contributed by atoms with Gasteiger partial charge in [0, 0.05) is 52.2 Å². The molecule has 11 rings (SSSR count). The first-order valence-corrected chi connectivity index (χ1v) is 20.4. The lowest BCUT2D eigenvalue weighted by molar-refractivity contribution is -0.268. The van der Waals surface area contributed by atoms with Crippen molar-refractivity contribution in [3.05, 3.63) is 24.3 Å². The number of fused-ring (bicyclic) bond motifs is 1. The van der Waals surface area contributed by atoms with E-state index in [0.29, 0.717) is 12.8 Å². The van der Waals surface area contributed by atoms with Crippen molar-refractivity contribution in [2.24, 2.45) is 11.8 Å². The Bertz CT molecular complexity index is 1330. The van der Waals surface area contributed by atoms with Gasteiger partial charge in [-0.15, -0.1) is 0 Å². The number of carbonyl (C=O) groups excluding carboxylic acids is 1. The van der Waals surface area contributed by atoms with E-state index in [2.05, 4.69) is 20.1 Å². The Labute approximate surface area is 314 Å². The van der Waals surface area contributed by atoms with E-state index < -0.39 is 18.3 Å². The Morgan fingerprint density at radius 3 is 2.15 bits per heavy atom. The molecule has 0 spiro atoms. The average Bonchev–Trinajstić information content (AvgIpc) is 3.88. The predicted octanol–water partition coefficient (Wildman–Crippen LogP) is 3.76. The Morgan fingerprint density at radius 1 is 0.679 bits per heavy atom. The number of ether oxygens (including phenoxy) is 9. The van der Waals surface area contributed by atoms with Gasteiger partial charge in [0.1, 0.15) is 36.3 Å². The lowest BCUT2D eigenvalue weighted by Crippen LogP contribution is -2.62. The first kappa shape index (κ1) is 38.6. The van der Waals surface area contributed by atoms with Crippen LogP contribution in [0.3, 0.4) is 0 Å². The van der Waals surface area contributed by atoms with E-state index in [-0.39, 0.29) is 129 Å². The fourth-order valence-electron chi connectivity index (χ4n) is 11.0. The highest BCUT2D eigenvalue weighted by atomic mass is 16.7. The van der Waals surface area contributed by atoms with Gasteiger partial charge in [0.2, 0.25) is 0 Å². The molecule has 53 heavy (non-hydrogen) atoms. The van der Waals surface area contributed by atoms with Crippen molar-refractivity contribution >= 4 is 5.78 Å². The minimum absolute atomic E-state index is 0.00618. The molecule has 298 valence electrons. The van der Waals surface area contributed by atoms with Crippen LogP contribution in [0, 0.1) is 11.8 Å². The Kier molecular flexibility index (Phi) is 11.9. The zero-order valence-electron chi connectivity index (χ0n) is 31.8. The molecule has 12 heteroatoms. The van der Waals surface area contributed by atoms with Crippen LogP contribution in [0.4, 0.5) is 0 Å². The number of methoxy groups -OCH3 is 2. The SMILES string of the molecule is C=C1CC2CCC3C[C@H]4OC5C(OC)[C@H]6O[C@H](CC[C@@H]6O[C@H]5C4O3)CC(=O)C[C@@H]3[C@@H](OC)[C@@H](C[C@H](O)CO)O[C@H]3C[C@H]3O[C@@H](CC[C@@H]1O2)C[C@@H](C)C3=C. The van der Waals surface area contributed by atoms with Gasteiger partial charge in [-0.2, -0.15) is 0 Å². The van der Waals surface area contributed by atoms with Gasteiger partial charge in [-0.05, 0) is 68.4 Å². The number of Topliss-reactive ketones (excluding diaryl/α,β-unsaturated/α-hetero) is 1. The zero-order chi connectivity index (χ0) is 37.0. The number of ketones is 1.